The van der Waals surface area contributed by atoms with E-state index in [0.29, 0.717) is 12.1 Å². The maximum Gasteiger partial charge on any atom is 0.328 e. The highest BCUT2D eigenvalue weighted by atomic mass is 19.1. The molecule has 178 valence electrons. The van der Waals surface area contributed by atoms with Crippen molar-refractivity contribution < 1.29 is 9.18 Å². The molecule has 2 atom stereocenters. The van der Waals surface area contributed by atoms with Crippen molar-refractivity contribution >= 4 is 17.6 Å². The van der Waals surface area contributed by atoms with Crippen molar-refractivity contribution in [3.63, 3.8) is 0 Å². The van der Waals surface area contributed by atoms with Crippen LogP contribution in [0.5, 0.6) is 0 Å². The number of rotatable bonds is 5. The lowest BCUT2D eigenvalue weighted by molar-refractivity contribution is 0.141. The van der Waals surface area contributed by atoms with Crippen LogP contribution in [0.1, 0.15) is 50.5 Å². The van der Waals surface area contributed by atoms with Crippen molar-refractivity contribution in [2.45, 2.75) is 69.1 Å². The van der Waals surface area contributed by atoms with Crippen molar-refractivity contribution in [2.75, 3.05) is 11.4 Å². The first-order valence-corrected chi connectivity index (χ1v) is 12.4. The summed E-state index contributed by atoms with van der Waals surface area (Å²) in [5.74, 6) is 0.403. The van der Waals surface area contributed by atoms with E-state index in [-0.39, 0.29) is 23.9 Å². The number of urea groups is 1. The number of hydrogen-bond acceptors (Lipinski definition) is 3. The summed E-state index contributed by atoms with van der Waals surface area (Å²) in [5, 5.41) is 3.10. The number of amidine groups is 1. The number of carbonyl (C=O) groups is 1. The van der Waals surface area contributed by atoms with Gasteiger partial charge in [0.05, 0.1) is 6.04 Å². The summed E-state index contributed by atoms with van der Waals surface area (Å²) in [6, 6.07) is 16.8. The summed E-state index contributed by atoms with van der Waals surface area (Å²) < 4.78 is 14.2. The van der Waals surface area contributed by atoms with Gasteiger partial charge in [-0.2, -0.15) is 0 Å². The van der Waals surface area contributed by atoms with Gasteiger partial charge in [-0.25, -0.2) is 9.18 Å². The van der Waals surface area contributed by atoms with Gasteiger partial charge in [-0.3, -0.25) is 20.1 Å². The van der Waals surface area contributed by atoms with Gasteiger partial charge in [0.2, 0.25) is 0 Å². The van der Waals surface area contributed by atoms with E-state index in [0.717, 1.165) is 38.2 Å². The normalized spacial score (nSPS) is 27.3. The van der Waals surface area contributed by atoms with E-state index in [1.807, 2.05) is 18.2 Å². The first kappa shape index (κ1) is 22.8. The molecule has 3 fully saturated rings. The Kier molecular flexibility index (Phi) is 6.50. The molecule has 0 radical (unpaired) electrons. The number of likely N-dealkylation sites (tertiary alicyclic amines) is 1. The van der Waals surface area contributed by atoms with Crippen LogP contribution in [-0.4, -0.2) is 40.9 Å². The van der Waals surface area contributed by atoms with Crippen LogP contribution in [0, 0.1) is 5.82 Å². The second kappa shape index (κ2) is 9.71. The van der Waals surface area contributed by atoms with E-state index in [1.54, 1.807) is 11.0 Å². The van der Waals surface area contributed by atoms with Gasteiger partial charge in [0.25, 0.3) is 0 Å². The second-order valence-corrected chi connectivity index (χ2v) is 9.76. The third kappa shape index (κ3) is 4.39. The lowest BCUT2D eigenvalue weighted by Crippen LogP contribution is -2.59. The first-order chi connectivity index (χ1) is 16.6. The van der Waals surface area contributed by atoms with Crippen molar-refractivity contribution in [2.24, 2.45) is 4.99 Å². The number of nitrogens with one attached hydrogen (secondary N) is 1. The molecule has 2 aromatic rings. The summed E-state index contributed by atoms with van der Waals surface area (Å²) in [7, 11) is 0. The molecule has 6 heteroatoms. The molecule has 0 unspecified atom stereocenters. The van der Waals surface area contributed by atoms with Gasteiger partial charge in [-0.15, -0.1) is 6.58 Å². The van der Waals surface area contributed by atoms with Crippen LogP contribution in [0.3, 0.4) is 0 Å². The predicted octanol–water partition coefficient (Wildman–Crippen LogP) is 5.68. The lowest BCUT2D eigenvalue weighted by Gasteiger charge is -2.47. The van der Waals surface area contributed by atoms with Gasteiger partial charge in [0, 0.05) is 24.8 Å². The number of nitrogens with zero attached hydrogens (tertiary/aromatic N) is 3. The summed E-state index contributed by atoms with van der Waals surface area (Å²) in [4.78, 5) is 22.7. The summed E-state index contributed by atoms with van der Waals surface area (Å²) in [6.45, 7) is 5.75. The minimum Gasteiger partial charge on any atom is -0.294 e. The topological polar surface area (TPSA) is 47.9 Å². The van der Waals surface area contributed by atoms with Gasteiger partial charge in [-0.05, 0) is 49.4 Å². The van der Waals surface area contributed by atoms with E-state index in [4.69, 9.17) is 4.99 Å². The summed E-state index contributed by atoms with van der Waals surface area (Å²) in [5.41, 5.74) is 1.20. The SMILES string of the molecule is C=C[C@H]1C[C@]2(CCN1Cc1ccccc1)C(=NC1CCCCC1)NC(=O)N2c1cccc(F)c1. The molecule has 0 aromatic heterocycles. The molecule has 5 rings (SSSR count). The highest BCUT2D eigenvalue weighted by Crippen LogP contribution is 2.41. The van der Waals surface area contributed by atoms with Crippen LogP contribution < -0.4 is 10.2 Å². The van der Waals surface area contributed by atoms with E-state index < -0.39 is 5.54 Å². The van der Waals surface area contributed by atoms with Crippen LogP contribution in [0.4, 0.5) is 14.9 Å². The molecule has 1 saturated carbocycles. The molecule has 5 nitrogen and oxygen atoms in total. The quantitative estimate of drug-likeness (QED) is 0.584. The zero-order chi connectivity index (χ0) is 23.5. The molecule has 0 bridgehead atoms. The first-order valence-electron chi connectivity index (χ1n) is 12.4. The molecule has 2 heterocycles. The van der Waals surface area contributed by atoms with E-state index in [2.05, 4.69) is 41.1 Å². The minimum absolute atomic E-state index is 0.0641. The predicted molar refractivity (Wildman–Crippen MR) is 135 cm³/mol. The average molecular weight is 461 g/mol. The molecule has 34 heavy (non-hydrogen) atoms. The van der Waals surface area contributed by atoms with Crippen LogP contribution in [0.2, 0.25) is 0 Å². The van der Waals surface area contributed by atoms with Crippen molar-refractivity contribution in [3.8, 4) is 0 Å². The fraction of sp³-hybridized carbons (Fsp3) is 0.429. The van der Waals surface area contributed by atoms with Crippen LogP contribution in [0.15, 0.2) is 72.2 Å². The maximum atomic E-state index is 14.2. The Morgan fingerprint density at radius 1 is 1.12 bits per heavy atom. The molecule has 2 saturated heterocycles. The number of benzene rings is 2. The standard InChI is InChI=1S/C28H33FN4O/c1-2-24-19-28(16-17-32(24)20-21-10-5-3-6-11-21)26(30-23-13-7-4-8-14-23)31-27(34)33(28)25-15-9-12-22(29)18-25/h2-3,5-6,9-12,15,18,23-24H,1,4,7-8,13-14,16-17,19-20H2,(H,30,31,34)/t24-,28+/m0/s1. The van der Waals surface area contributed by atoms with Gasteiger partial charge >= 0.3 is 6.03 Å². The Balaban J connectivity index is 1.51. The van der Waals surface area contributed by atoms with Crippen LogP contribution in [0.25, 0.3) is 0 Å². The third-order valence-corrected chi connectivity index (χ3v) is 7.58. The number of piperidine rings is 1. The van der Waals surface area contributed by atoms with Crippen molar-refractivity contribution in [1.82, 2.24) is 10.2 Å². The second-order valence-electron chi connectivity index (χ2n) is 9.76. The van der Waals surface area contributed by atoms with Crippen molar-refractivity contribution in [3.05, 3.63) is 78.6 Å². The Bertz CT molecular complexity index is 1070. The number of hydrogen-bond donors (Lipinski definition) is 1. The number of halogens is 1. The third-order valence-electron chi connectivity index (χ3n) is 7.58. The molecule has 2 aliphatic heterocycles. The number of amides is 2. The minimum atomic E-state index is -0.631. The number of aliphatic imine (C=N–C) groups is 1. The number of carbonyl (C=O) groups excluding carboxylic acids is 1. The summed E-state index contributed by atoms with van der Waals surface area (Å²) in [6.07, 6.45) is 9.10. The van der Waals surface area contributed by atoms with Gasteiger partial charge in [-0.1, -0.05) is 61.7 Å². The highest BCUT2D eigenvalue weighted by Gasteiger charge is 2.55. The average Bonchev–Trinajstić information content (AvgIpc) is 3.11. The number of anilines is 1. The fourth-order valence-electron chi connectivity index (χ4n) is 5.83. The smallest absolute Gasteiger partial charge is 0.294 e. The fourth-order valence-corrected chi connectivity index (χ4v) is 5.83. The molecule has 2 aromatic carbocycles. The molecule has 3 aliphatic rings. The molecule has 2 amide bonds. The molecular formula is C28H33FN4O. The largest absolute Gasteiger partial charge is 0.328 e. The zero-order valence-electron chi connectivity index (χ0n) is 19.6. The highest BCUT2D eigenvalue weighted by molar-refractivity contribution is 6.19. The van der Waals surface area contributed by atoms with Gasteiger partial charge < -0.3 is 0 Å². The van der Waals surface area contributed by atoms with Gasteiger partial charge in [0.1, 0.15) is 17.2 Å². The van der Waals surface area contributed by atoms with E-state index in [9.17, 15) is 9.18 Å². The van der Waals surface area contributed by atoms with Gasteiger partial charge in [0.15, 0.2) is 0 Å². The summed E-state index contributed by atoms with van der Waals surface area (Å²) >= 11 is 0. The maximum absolute atomic E-state index is 14.2. The van der Waals surface area contributed by atoms with Crippen molar-refractivity contribution in [1.29, 1.82) is 0 Å². The Morgan fingerprint density at radius 3 is 2.65 bits per heavy atom. The molecular weight excluding hydrogens is 427 g/mol. The zero-order valence-corrected chi connectivity index (χ0v) is 19.6. The molecule has 1 aliphatic carbocycles. The van der Waals surface area contributed by atoms with Crippen LogP contribution in [-0.2, 0) is 6.54 Å². The molecule has 1 spiro atoms. The van der Waals surface area contributed by atoms with Crippen LogP contribution >= 0.6 is 0 Å². The van der Waals surface area contributed by atoms with E-state index in [1.165, 1.54) is 37.0 Å². The molecule has 1 N–H and O–H groups in total. The monoisotopic (exact) mass is 460 g/mol. The Labute approximate surface area is 201 Å². The lowest BCUT2D eigenvalue weighted by atomic mass is 9.80. The Morgan fingerprint density at radius 2 is 1.91 bits per heavy atom. The Hall–Kier alpha value is -2.99. The van der Waals surface area contributed by atoms with E-state index >= 15 is 0 Å².